The van der Waals surface area contributed by atoms with Gasteiger partial charge in [0.2, 0.25) is 5.91 Å². The first-order valence-corrected chi connectivity index (χ1v) is 9.04. The smallest absolute Gasteiger partial charge is 0.322 e. The average molecular weight is 347 g/mol. The Hall–Kier alpha value is -2.11. The largest absolute Gasteiger partial charge is 0.341 e. The number of rotatable bonds is 2. The number of halogens is 1. The van der Waals surface area contributed by atoms with Gasteiger partial charge in [0, 0.05) is 25.2 Å². The summed E-state index contributed by atoms with van der Waals surface area (Å²) in [4.78, 5) is 28.6. The van der Waals surface area contributed by atoms with Crippen LogP contribution in [0.25, 0.3) is 0 Å². The molecule has 5 nitrogen and oxygen atoms in total. The predicted molar refractivity (Wildman–Crippen MR) is 95.4 cm³/mol. The third-order valence-electron chi connectivity index (χ3n) is 5.31. The van der Waals surface area contributed by atoms with E-state index in [4.69, 9.17) is 0 Å². The maximum atomic E-state index is 14.0. The number of piperidine rings is 1. The van der Waals surface area contributed by atoms with Gasteiger partial charge in [0.05, 0.1) is 6.54 Å². The number of anilines is 1. The van der Waals surface area contributed by atoms with Crippen LogP contribution in [0.4, 0.5) is 14.9 Å². The number of likely N-dealkylation sites (tertiary alicyclic amines) is 2. The Balaban J connectivity index is 1.73. The Morgan fingerprint density at radius 2 is 1.88 bits per heavy atom. The zero-order valence-electron chi connectivity index (χ0n) is 14.9. The average Bonchev–Trinajstić information content (AvgIpc) is 3.01. The topological polar surface area (TPSA) is 52.7 Å². The fraction of sp³-hybridized carbons (Fsp3) is 0.579. The monoisotopic (exact) mass is 347 g/mol. The van der Waals surface area contributed by atoms with Crippen LogP contribution in [-0.2, 0) is 4.79 Å². The highest BCUT2D eigenvalue weighted by Gasteiger charge is 2.41. The number of carbonyl (C=O) groups excluding carboxylic acids is 2. The minimum Gasteiger partial charge on any atom is -0.341 e. The standard InChI is InChI=1S/C19H26FN3O2/c1-13-7-6-8-16(14(13)2)21-19(25)23-12-15(20)11-17(23)18(24)22-9-4-3-5-10-22/h6-8,15,17H,3-5,9-12H2,1-2H3,(H,21,25)/t15-,17-/m0/s1. The summed E-state index contributed by atoms with van der Waals surface area (Å²) in [6.07, 6.45) is 2.02. The van der Waals surface area contributed by atoms with Gasteiger partial charge in [-0.25, -0.2) is 9.18 Å². The lowest BCUT2D eigenvalue weighted by Gasteiger charge is -2.32. The van der Waals surface area contributed by atoms with Crippen LogP contribution in [0.5, 0.6) is 0 Å². The molecule has 2 aliphatic heterocycles. The van der Waals surface area contributed by atoms with E-state index in [9.17, 15) is 14.0 Å². The van der Waals surface area contributed by atoms with Crippen molar-refractivity contribution in [1.82, 2.24) is 9.80 Å². The SMILES string of the molecule is Cc1cccc(NC(=O)N2C[C@@H](F)C[C@H]2C(=O)N2CCCCC2)c1C. The first kappa shape index (κ1) is 17.7. The highest BCUT2D eigenvalue weighted by Crippen LogP contribution is 2.26. The van der Waals surface area contributed by atoms with Crippen LogP contribution in [0, 0.1) is 13.8 Å². The Morgan fingerprint density at radius 1 is 1.16 bits per heavy atom. The molecule has 2 heterocycles. The number of hydrogen-bond acceptors (Lipinski definition) is 2. The first-order valence-electron chi connectivity index (χ1n) is 9.04. The normalized spacial score (nSPS) is 23.6. The summed E-state index contributed by atoms with van der Waals surface area (Å²) in [5.41, 5.74) is 2.76. The molecule has 0 radical (unpaired) electrons. The van der Waals surface area contributed by atoms with Gasteiger partial charge in [0.25, 0.3) is 0 Å². The second-order valence-electron chi connectivity index (χ2n) is 7.06. The van der Waals surface area contributed by atoms with Crippen molar-refractivity contribution >= 4 is 17.6 Å². The van der Waals surface area contributed by atoms with Crippen molar-refractivity contribution in [2.24, 2.45) is 0 Å². The minimum atomic E-state index is -1.15. The predicted octanol–water partition coefficient (Wildman–Crippen LogP) is 3.26. The van der Waals surface area contributed by atoms with Crippen LogP contribution in [0.1, 0.15) is 36.8 Å². The maximum absolute atomic E-state index is 14.0. The van der Waals surface area contributed by atoms with E-state index < -0.39 is 18.2 Å². The molecule has 6 heteroatoms. The zero-order chi connectivity index (χ0) is 18.0. The second-order valence-corrected chi connectivity index (χ2v) is 7.06. The van der Waals surface area contributed by atoms with E-state index in [0.29, 0.717) is 18.8 Å². The molecular formula is C19H26FN3O2. The zero-order valence-corrected chi connectivity index (χ0v) is 14.9. The Morgan fingerprint density at radius 3 is 2.60 bits per heavy atom. The van der Waals surface area contributed by atoms with Crippen molar-refractivity contribution in [2.45, 2.75) is 51.7 Å². The van der Waals surface area contributed by atoms with E-state index in [1.807, 2.05) is 32.0 Å². The summed E-state index contributed by atoms with van der Waals surface area (Å²) in [5.74, 6) is -0.115. The van der Waals surface area contributed by atoms with Crippen molar-refractivity contribution in [3.05, 3.63) is 29.3 Å². The molecule has 3 rings (SSSR count). The van der Waals surface area contributed by atoms with Gasteiger partial charge in [-0.1, -0.05) is 12.1 Å². The van der Waals surface area contributed by atoms with Crippen LogP contribution >= 0.6 is 0 Å². The number of benzene rings is 1. The highest BCUT2D eigenvalue weighted by molar-refractivity contribution is 5.95. The Bertz CT molecular complexity index is 658. The fourth-order valence-electron chi connectivity index (χ4n) is 3.64. The number of urea groups is 1. The van der Waals surface area contributed by atoms with E-state index in [1.54, 1.807) is 4.90 Å². The number of nitrogens with one attached hydrogen (secondary N) is 1. The maximum Gasteiger partial charge on any atom is 0.322 e. The number of carbonyl (C=O) groups is 2. The van der Waals surface area contributed by atoms with Crippen LogP contribution in [0.15, 0.2) is 18.2 Å². The highest BCUT2D eigenvalue weighted by atomic mass is 19.1. The van der Waals surface area contributed by atoms with Crippen LogP contribution in [0.2, 0.25) is 0 Å². The minimum absolute atomic E-state index is 0.0268. The quantitative estimate of drug-likeness (QED) is 0.893. The summed E-state index contributed by atoms with van der Waals surface area (Å²) >= 11 is 0. The molecule has 3 amide bonds. The van der Waals surface area contributed by atoms with Gasteiger partial charge >= 0.3 is 6.03 Å². The Kier molecular flexibility index (Phi) is 5.25. The summed E-state index contributed by atoms with van der Waals surface area (Å²) in [7, 11) is 0. The first-order chi connectivity index (χ1) is 12.0. The number of nitrogens with zero attached hydrogens (tertiary/aromatic N) is 2. The van der Waals surface area contributed by atoms with Crippen molar-refractivity contribution in [3.8, 4) is 0 Å². The molecule has 0 aromatic heterocycles. The number of hydrogen-bond donors (Lipinski definition) is 1. The van der Waals surface area contributed by atoms with Gasteiger partial charge in [0.15, 0.2) is 0 Å². The molecule has 1 N–H and O–H groups in total. The lowest BCUT2D eigenvalue weighted by Crippen LogP contribution is -2.50. The molecule has 0 saturated carbocycles. The number of aryl methyl sites for hydroxylation is 1. The van der Waals surface area contributed by atoms with E-state index in [2.05, 4.69) is 5.32 Å². The van der Waals surface area contributed by atoms with Crippen molar-refractivity contribution in [1.29, 1.82) is 0 Å². The molecular weight excluding hydrogens is 321 g/mol. The van der Waals surface area contributed by atoms with Gasteiger partial charge in [-0.15, -0.1) is 0 Å². The van der Waals surface area contributed by atoms with Gasteiger partial charge in [-0.05, 0) is 50.3 Å². The van der Waals surface area contributed by atoms with Crippen molar-refractivity contribution in [2.75, 3.05) is 25.0 Å². The van der Waals surface area contributed by atoms with Crippen molar-refractivity contribution < 1.29 is 14.0 Å². The fourth-order valence-corrected chi connectivity index (χ4v) is 3.64. The summed E-state index contributed by atoms with van der Waals surface area (Å²) in [6, 6.07) is 4.57. The van der Waals surface area contributed by atoms with Crippen LogP contribution in [0.3, 0.4) is 0 Å². The molecule has 0 spiro atoms. The lowest BCUT2D eigenvalue weighted by atomic mass is 10.1. The second kappa shape index (κ2) is 7.42. The van der Waals surface area contributed by atoms with E-state index in [1.165, 1.54) is 4.90 Å². The molecule has 2 atom stereocenters. The molecule has 2 aliphatic rings. The van der Waals surface area contributed by atoms with Crippen LogP contribution in [-0.4, -0.2) is 53.6 Å². The Labute approximate surface area is 148 Å². The molecule has 0 aliphatic carbocycles. The van der Waals surface area contributed by atoms with Gasteiger partial charge in [0.1, 0.15) is 12.2 Å². The number of alkyl halides is 1. The van der Waals surface area contributed by atoms with Gasteiger partial charge < -0.3 is 15.1 Å². The third-order valence-corrected chi connectivity index (χ3v) is 5.31. The van der Waals surface area contributed by atoms with E-state index >= 15 is 0 Å². The summed E-state index contributed by atoms with van der Waals surface area (Å²) < 4.78 is 14.0. The molecule has 0 bridgehead atoms. The molecule has 2 fully saturated rings. The van der Waals surface area contributed by atoms with Gasteiger partial charge in [-0.3, -0.25) is 4.79 Å². The summed E-state index contributed by atoms with van der Waals surface area (Å²) in [6.45, 7) is 5.29. The molecule has 2 saturated heterocycles. The van der Waals surface area contributed by atoms with E-state index in [0.717, 1.165) is 30.4 Å². The van der Waals surface area contributed by atoms with Crippen LogP contribution < -0.4 is 5.32 Å². The molecule has 25 heavy (non-hydrogen) atoms. The lowest BCUT2D eigenvalue weighted by molar-refractivity contribution is -0.136. The number of amides is 3. The van der Waals surface area contributed by atoms with Gasteiger partial charge in [-0.2, -0.15) is 0 Å². The molecule has 1 aromatic carbocycles. The third kappa shape index (κ3) is 3.78. The van der Waals surface area contributed by atoms with E-state index in [-0.39, 0.29) is 18.9 Å². The van der Waals surface area contributed by atoms with Crippen molar-refractivity contribution in [3.63, 3.8) is 0 Å². The summed E-state index contributed by atoms with van der Waals surface area (Å²) in [5, 5.41) is 2.85. The molecule has 1 aromatic rings. The molecule has 136 valence electrons. The molecule has 0 unspecified atom stereocenters.